The second-order valence-electron chi connectivity index (χ2n) is 6.06. The fraction of sp³-hybridized carbons (Fsp3) is 0.273. The van der Waals surface area contributed by atoms with Crippen LogP contribution in [0.2, 0.25) is 0 Å². The molecule has 0 aromatic heterocycles. The van der Waals surface area contributed by atoms with E-state index in [1.807, 2.05) is 0 Å². The predicted molar refractivity (Wildman–Crippen MR) is 102 cm³/mol. The molecule has 2 heteroatoms. The number of rotatable bonds is 7. The summed E-state index contributed by atoms with van der Waals surface area (Å²) in [6.07, 6.45) is 3.52. The van der Waals surface area contributed by atoms with Gasteiger partial charge in [-0.3, -0.25) is 0 Å². The molecule has 0 heterocycles. The second-order valence-corrected chi connectivity index (χ2v) is 6.06. The molecule has 0 saturated carbocycles. The Morgan fingerprint density at radius 1 is 0.667 bits per heavy atom. The Morgan fingerprint density at radius 2 is 0.958 bits per heavy atom. The van der Waals surface area contributed by atoms with Gasteiger partial charge in [0.05, 0.1) is 0 Å². The van der Waals surface area contributed by atoms with Gasteiger partial charge >= 0.3 is 0 Å². The van der Waals surface area contributed by atoms with Crippen LogP contribution in [0.25, 0.3) is 11.1 Å². The number of hydrogen-bond donors (Lipinski definition) is 0. The molecule has 2 aromatic rings. The summed E-state index contributed by atoms with van der Waals surface area (Å²) >= 11 is 0. The molecular weight excluding hydrogens is 296 g/mol. The van der Waals surface area contributed by atoms with Crippen molar-refractivity contribution in [3.8, 4) is 22.6 Å². The van der Waals surface area contributed by atoms with Gasteiger partial charge in [0.2, 0.25) is 0 Å². The van der Waals surface area contributed by atoms with Crippen molar-refractivity contribution in [2.75, 3.05) is 13.2 Å². The summed E-state index contributed by atoms with van der Waals surface area (Å²) in [4.78, 5) is 0. The van der Waals surface area contributed by atoms with Gasteiger partial charge in [-0.1, -0.05) is 25.3 Å². The van der Waals surface area contributed by atoms with E-state index in [0.717, 1.165) is 11.5 Å². The number of benzene rings is 2. The minimum atomic E-state index is 0.519. The average molecular weight is 322 g/mol. The molecule has 0 amide bonds. The van der Waals surface area contributed by atoms with Gasteiger partial charge in [-0.25, -0.2) is 0 Å². The molecule has 0 atom stereocenters. The molecular formula is C22H26O2. The Kier molecular flexibility index (Phi) is 5.86. The summed E-state index contributed by atoms with van der Waals surface area (Å²) < 4.78 is 11.4. The van der Waals surface area contributed by atoms with Gasteiger partial charge in [-0.15, -0.1) is 0 Å². The van der Waals surface area contributed by atoms with Crippen LogP contribution in [0.4, 0.5) is 0 Å². The van der Waals surface area contributed by atoms with Crippen molar-refractivity contribution >= 4 is 0 Å². The van der Waals surface area contributed by atoms with Crippen LogP contribution in [0.3, 0.4) is 0 Å². The second kappa shape index (κ2) is 7.87. The van der Waals surface area contributed by atoms with E-state index in [0.29, 0.717) is 13.2 Å². The monoisotopic (exact) mass is 322 g/mol. The smallest absolute Gasteiger partial charge is 0.120 e. The van der Waals surface area contributed by atoms with Gasteiger partial charge in [0.1, 0.15) is 24.7 Å². The number of ether oxygens (including phenoxy) is 2. The highest BCUT2D eigenvalue weighted by Crippen LogP contribution is 2.37. The third kappa shape index (κ3) is 3.88. The quantitative estimate of drug-likeness (QED) is 0.607. The Labute approximate surface area is 145 Å². The van der Waals surface area contributed by atoms with Crippen LogP contribution in [0.15, 0.2) is 49.6 Å². The summed E-state index contributed by atoms with van der Waals surface area (Å²) in [7, 11) is 0. The standard InChI is InChI=1S/C22H26O2/c1-7-9-23-19-11-15(3)21(16(4)12-19)22-17(5)13-20(14-18(22)6)24-10-8-2/h7-8,11-14H,1-2,9-10H2,3-6H3. The lowest BCUT2D eigenvalue weighted by Gasteiger charge is -2.18. The number of hydrogen-bond acceptors (Lipinski definition) is 2. The minimum absolute atomic E-state index is 0.519. The maximum Gasteiger partial charge on any atom is 0.120 e. The van der Waals surface area contributed by atoms with Crippen molar-refractivity contribution in [1.82, 2.24) is 0 Å². The van der Waals surface area contributed by atoms with Crippen LogP contribution in [0, 0.1) is 27.7 Å². The summed E-state index contributed by atoms with van der Waals surface area (Å²) in [5.41, 5.74) is 7.37. The molecule has 0 bridgehead atoms. The molecule has 0 aliphatic rings. The molecule has 2 rings (SSSR count). The van der Waals surface area contributed by atoms with E-state index < -0.39 is 0 Å². The van der Waals surface area contributed by atoms with Crippen molar-refractivity contribution in [2.24, 2.45) is 0 Å². The van der Waals surface area contributed by atoms with E-state index in [4.69, 9.17) is 9.47 Å². The number of aryl methyl sites for hydroxylation is 4. The average Bonchev–Trinajstić information content (AvgIpc) is 2.52. The van der Waals surface area contributed by atoms with E-state index in [1.165, 1.54) is 33.4 Å². The van der Waals surface area contributed by atoms with Gasteiger partial charge < -0.3 is 9.47 Å². The largest absolute Gasteiger partial charge is 0.490 e. The molecule has 0 fully saturated rings. The minimum Gasteiger partial charge on any atom is -0.490 e. The normalized spacial score (nSPS) is 10.3. The van der Waals surface area contributed by atoms with Gasteiger partial charge in [0.15, 0.2) is 0 Å². The third-order valence-electron chi connectivity index (χ3n) is 4.00. The van der Waals surface area contributed by atoms with Crippen LogP contribution in [0.5, 0.6) is 11.5 Å². The van der Waals surface area contributed by atoms with E-state index in [1.54, 1.807) is 12.2 Å². The van der Waals surface area contributed by atoms with Crippen LogP contribution in [-0.4, -0.2) is 13.2 Å². The zero-order valence-electron chi connectivity index (χ0n) is 15.1. The molecule has 2 aromatic carbocycles. The van der Waals surface area contributed by atoms with Crippen molar-refractivity contribution in [2.45, 2.75) is 27.7 Å². The molecule has 0 aliphatic carbocycles. The van der Waals surface area contributed by atoms with Gasteiger partial charge in [-0.2, -0.15) is 0 Å². The molecule has 24 heavy (non-hydrogen) atoms. The molecule has 2 nitrogen and oxygen atoms in total. The Bertz CT molecular complexity index is 645. The highest BCUT2D eigenvalue weighted by atomic mass is 16.5. The summed E-state index contributed by atoms with van der Waals surface area (Å²) in [6, 6.07) is 8.36. The van der Waals surface area contributed by atoms with Crippen molar-refractivity contribution < 1.29 is 9.47 Å². The first-order chi connectivity index (χ1) is 11.5. The van der Waals surface area contributed by atoms with Crippen molar-refractivity contribution in [3.05, 3.63) is 71.8 Å². The molecule has 0 aliphatic heterocycles. The molecule has 0 spiro atoms. The molecule has 0 N–H and O–H groups in total. The van der Waals surface area contributed by atoms with Gasteiger partial charge in [-0.05, 0) is 85.3 Å². The van der Waals surface area contributed by atoms with Crippen LogP contribution in [-0.2, 0) is 0 Å². The Balaban J connectivity index is 2.48. The molecule has 0 saturated heterocycles. The zero-order valence-corrected chi connectivity index (χ0v) is 15.1. The maximum atomic E-state index is 5.68. The molecule has 126 valence electrons. The van der Waals surface area contributed by atoms with E-state index >= 15 is 0 Å². The first-order valence-electron chi connectivity index (χ1n) is 8.18. The van der Waals surface area contributed by atoms with E-state index in [-0.39, 0.29) is 0 Å². The third-order valence-corrected chi connectivity index (χ3v) is 4.00. The first kappa shape index (κ1) is 17.9. The van der Waals surface area contributed by atoms with Crippen LogP contribution >= 0.6 is 0 Å². The highest BCUT2D eigenvalue weighted by Gasteiger charge is 2.14. The van der Waals surface area contributed by atoms with E-state index in [9.17, 15) is 0 Å². The zero-order chi connectivity index (χ0) is 17.7. The molecule has 0 radical (unpaired) electrons. The lowest BCUT2D eigenvalue weighted by atomic mass is 9.89. The van der Waals surface area contributed by atoms with Crippen LogP contribution < -0.4 is 9.47 Å². The lowest BCUT2D eigenvalue weighted by Crippen LogP contribution is -2.00. The van der Waals surface area contributed by atoms with Crippen molar-refractivity contribution in [3.63, 3.8) is 0 Å². The Hall–Kier alpha value is -2.48. The Morgan fingerprint density at radius 3 is 1.21 bits per heavy atom. The molecule has 0 unspecified atom stereocenters. The summed E-state index contributed by atoms with van der Waals surface area (Å²) in [5.74, 6) is 1.77. The highest BCUT2D eigenvalue weighted by molar-refractivity contribution is 5.78. The topological polar surface area (TPSA) is 18.5 Å². The fourth-order valence-corrected chi connectivity index (χ4v) is 3.11. The SMILES string of the molecule is C=CCOc1cc(C)c(-c2c(C)cc(OCC=C)cc2C)c(C)c1. The van der Waals surface area contributed by atoms with Gasteiger partial charge in [0.25, 0.3) is 0 Å². The van der Waals surface area contributed by atoms with Gasteiger partial charge in [0, 0.05) is 0 Å². The summed E-state index contributed by atoms with van der Waals surface area (Å²) in [5, 5.41) is 0. The predicted octanol–water partition coefficient (Wildman–Crippen LogP) is 5.72. The van der Waals surface area contributed by atoms with Crippen LogP contribution in [0.1, 0.15) is 22.3 Å². The van der Waals surface area contributed by atoms with E-state index in [2.05, 4.69) is 65.1 Å². The first-order valence-corrected chi connectivity index (χ1v) is 8.18. The van der Waals surface area contributed by atoms with Crippen molar-refractivity contribution in [1.29, 1.82) is 0 Å². The lowest BCUT2D eigenvalue weighted by molar-refractivity contribution is 0.362. The fourth-order valence-electron chi connectivity index (χ4n) is 3.11. The maximum absolute atomic E-state index is 5.68. The summed E-state index contributed by atoms with van der Waals surface area (Å²) in [6.45, 7) is 16.9.